The van der Waals surface area contributed by atoms with E-state index in [4.69, 9.17) is 16.3 Å². The van der Waals surface area contributed by atoms with Gasteiger partial charge >= 0.3 is 0 Å². The first-order valence-electron chi connectivity index (χ1n) is 6.91. The van der Waals surface area contributed by atoms with Gasteiger partial charge in [0, 0.05) is 19.6 Å². The molecule has 1 saturated heterocycles. The lowest BCUT2D eigenvalue weighted by atomic mass is 10.0. The Hall–Kier alpha value is -1.10. The van der Waals surface area contributed by atoms with E-state index in [9.17, 15) is 4.79 Å². The predicted molar refractivity (Wildman–Crippen MR) is 80.0 cm³/mol. The number of halogens is 1. The molecule has 1 atom stereocenters. The smallest absolute Gasteiger partial charge is 0.234 e. The van der Waals surface area contributed by atoms with Crippen LogP contribution in [0.15, 0.2) is 24.3 Å². The molecule has 1 heterocycles. The molecule has 110 valence electrons. The Morgan fingerprint density at radius 2 is 2.20 bits per heavy atom. The quantitative estimate of drug-likeness (QED) is 0.841. The number of hydrogen-bond acceptors (Lipinski definition) is 3. The number of rotatable bonds is 5. The highest BCUT2D eigenvalue weighted by Crippen LogP contribution is 2.22. The molecule has 1 aromatic rings. The van der Waals surface area contributed by atoms with Crippen LogP contribution in [-0.4, -0.2) is 49.5 Å². The SMILES string of the molecule is Cc1cccc(C(CNC(=O)CCl)N2CCOCC2)c1. The highest BCUT2D eigenvalue weighted by atomic mass is 35.5. The van der Waals surface area contributed by atoms with Crippen molar-refractivity contribution in [2.75, 3.05) is 38.7 Å². The summed E-state index contributed by atoms with van der Waals surface area (Å²) in [7, 11) is 0. The number of aryl methyl sites for hydroxylation is 1. The molecule has 1 N–H and O–H groups in total. The van der Waals surface area contributed by atoms with Gasteiger partial charge in [0.1, 0.15) is 5.88 Å². The molecule has 1 unspecified atom stereocenters. The zero-order valence-electron chi connectivity index (χ0n) is 11.8. The fraction of sp³-hybridized carbons (Fsp3) is 0.533. The average molecular weight is 297 g/mol. The summed E-state index contributed by atoms with van der Waals surface area (Å²) in [5.74, 6) is -0.124. The molecular formula is C15H21ClN2O2. The average Bonchev–Trinajstić information content (AvgIpc) is 2.48. The van der Waals surface area contributed by atoms with Gasteiger partial charge in [0.25, 0.3) is 0 Å². The van der Waals surface area contributed by atoms with Crippen LogP contribution < -0.4 is 5.32 Å². The van der Waals surface area contributed by atoms with Crippen LogP contribution >= 0.6 is 11.6 Å². The highest BCUT2D eigenvalue weighted by molar-refractivity contribution is 6.27. The molecule has 1 aliphatic rings. The summed E-state index contributed by atoms with van der Waals surface area (Å²) in [5.41, 5.74) is 2.45. The number of amides is 1. The van der Waals surface area contributed by atoms with E-state index in [2.05, 4.69) is 41.4 Å². The van der Waals surface area contributed by atoms with Crippen LogP contribution in [0.5, 0.6) is 0 Å². The van der Waals surface area contributed by atoms with Gasteiger partial charge in [0.05, 0.1) is 19.3 Å². The van der Waals surface area contributed by atoms with E-state index in [1.54, 1.807) is 0 Å². The molecule has 0 aromatic heterocycles. The van der Waals surface area contributed by atoms with E-state index in [0.29, 0.717) is 6.54 Å². The van der Waals surface area contributed by atoms with Gasteiger partial charge in [-0.25, -0.2) is 0 Å². The van der Waals surface area contributed by atoms with Gasteiger partial charge in [0.2, 0.25) is 5.91 Å². The lowest BCUT2D eigenvalue weighted by molar-refractivity contribution is -0.119. The van der Waals surface area contributed by atoms with E-state index in [1.165, 1.54) is 11.1 Å². The van der Waals surface area contributed by atoms with Crippen LogP contribution in [0.2, 0.25) is 0 Å². The van der Waals surface area contributed by atoms with E-state index in [0.717, 1.165) is 26.3 Å². The lowest BCUT2D eigenvalue weighted by Crippen LogP contribution is -2.44. The normalized spacial score (nSPS) is 17.7. The van der Waals surface area contributed by atoms with E-state index in [1.807, 2.05) is 0 Å². The van der Waals surface area contributed by atoms with Gasteiger partial charge in [0.15, 0.2) is 0 Å². The summed E-state index contributed by atoms with van der Waals surface area (Å²) < 4.78 is 5.41. The van der Waals surface area contributed by atoms with Crippen molar-refractivity contribution in [2.45, 2.75) is 13.0 Å². The molecule has 0 saturated carbocycles. The van der Waals surface area contributed by atoms with Gasteiger partial charge in [-0.3, -0.25) is 9.69 Å². The summed E-state index contributed by atoms with van der Waals surface area (Å²) in [4.78, 5) is 13.8. The zero-order valence-corrected chi connectivity index (χ0v) is 12.5. The van der Waals surface area contributed by atoms with Crippen LogP contribution in [0.4, 0.5) is 0 Å². The van der Waals surface area contributed by atoms with E-state index in [-0.39, 0.29) is 17.8 Å². The van der Waals surface area contributed by atoms with Crippen LogP contribution in [0, 0.1) is 6.92 Å². The number of alkyl halides is 1. The van der Waals surface area contributed by atoms with Crippen molar-refractivity contribution in [3.63, 3.8) is 0 Å². The number of hydrogen-bond donors (Lipinski definition) is 1. The monoisotopic (exact) mass is 296 g/mol. The van der Waals surface area contributed by atoms with Crippen LogP contribution in [0.1, 0.15) is 17.2 Å². The van der Waals surface area contributed by atoms with Crippen LogP contribution in [-0.2, 0) is 9.53 Å². The topological polar surface area (TPSA) is 41.6 Å². The summed E-state index contributed by atoms with van der Waals surface area (Å²) in [6.07, 6.45) is 0. The van der Waals surface area contributed by atoms with Crippen molar-refractivity contribution in [2.24, 2.45) is 0 Å². The second-order valence-corrected chi connectivity index (χ2v) is 5.28. The Bertz CT molecular complexity index is 447. The second kappa shape index (κ2) is 7.62. The Kier molecular flexibility index (Phi) is 5.83. The maximum absolute atomic E-state index is 11.4. The third kappa shape index (κ3) is 4.20. The first-order chi connectivity index (χ1) is 9.70. The maximum atomic E-state index is 11.4. The fourth-order valence-electron chi connectivity index (χ4n) is 2.48. The molecule has 1 aromatic carbocycles. The van der Waals surface area contributed by atoms with Crippen molar-refractivity contribution in [3.8, 4) is 0 Å². The molecule has 0 bridgehead atoms. The number of carbonyl (C=O) groups excluding carboxylic acids is 1. The standard InChI is InChI=1S/C15H21ClN2O2/c1-12-3-2-4-13(9-12)14(11-17-15(19)10-16)18-5-7-20-8-6-18/h2-4,9,14H,5-8,10-11H2,1H3,(H,17,19). The third-order valence-electron chi connectivity index (χ3n) is 3.53. The lowest BCUT2D eigenvalue weighted by Gasteiger charge is -2.35. The minimum Gasteiger partial charge on any atom is -0.379 e. The van der Waals surface area contributed by atoms with Crippen LogP contribution in [0.25, 0.3) is 0 Å². The van der Waals surface area contributed by atoms with Crippen molar-refractivity contribution >= 4 is 17.5 Å². The van der Waals surface area contributed by atoms with Crippen molar-refractivity contribution in [1.29, 1.82) is 0 Å². The number of morpholine rings is 1. The summed E-state index contributed by atoms with van der Waals surface area (Å²) >= 11 is 5.55. The van der Waals surface area contributed by atoms with E-state index >= 15 is 0 Å². The van der Waals surface area contributed by atoms with Gasteiger partial charge in [-0.05, 0) is 12.5 Å². The Balaban J connectivity index is 2.12. The molecule has 1 aliphatic heterocycles. The summed E-state index contributed by atoms with van der Waals surface area (Å²) in [5, 5.41) is 2.89. The summed E-state index contributed by atoms with van der Waals surface area (Å²) in [6.45, 7) is 5.91. The molecule has 5 heteroatoms. The molecule has 0 aliphatic carbocycles. The maximum Gasteiger partial charge on any atom is 0.234 e. The molecule has 2 rings (SSSR count). The Labute approximate surface area is 125 Å². The number of ether oxygens (including phenoxy) is 1. The molecule has 0 spiro atoms. The number of carbonyl (C=O) groups is 1. The van der Waals surface area contributed by atoms with Gasteiger partial charge < -0.3 is 10.1 Å². The number of nitrogens with one attached hydrogen (secondary N) is 1. The highest BCUT2D eigenvalue weighted by Gasteiger charge is 2.23. The van der Waals surface area contributed by atoms with Crippen molar-refractivity contribution in [3.05, 3.63) is 35.4 Å². The minimum atomic E-state index is -0.127. The van der Waals surface area contributed by atoms with Crippen LogP contribution in [0.3, 0.4) is 0 Å². The van der Waals surface area contributed by atoms with E-state index < -0.39 is 0 Å². The third-order valence-corrected chi connectivity index (χ3v) is 3.77. The zero-order chi connectivity index (χ0) is 14.4. The first kappa shape index (κ1) is 15.3. The van der Waals surface area contributed by atoms with Gasteiger partial charge in [-0.2, -0.15) is 0 Å². The molecule has 4 nitrogen and oxygen atoms in total. The van der Waals surface area contributed by atoms with Gasteiger partial charge in [-0.1, -0.05) is 29.8 Å². The number of benzene rings is 1. The minimum absolute atomic E-state index is 0.00362. The van der Waals surface area contributed by atoms with Crippen molar-refractivity contribution < 1.29 is 9.53 Å². The van der Waals surface area contributed by atoms with Gasteiger partial charge in [-0.15, -0.1) is 11.6 Å². The summed E-state index contributed by atoms with van der Waals surface area (Å²) in [6, 6.07) is 8.59. The first-order valence-corrected chi connectivity index (χ1v) is 7.45. The Morgan fingerprint density at radius 3 is 2.85 bits per heavy atom. The molecule has 1 amide bonds. The number of nitrogens with zero attached hydrogens (tertiary/aromatic N) is 1. The Morgan fingerprint density at radius 1 is 1.45 bits per heavy atom. The largest absolute Gasteiger partial charge is 0.379 e. The predicted octanol–water partition coefficient (Wildman–Crippen LogP) is 1.72. The van der Waals surface area contributed by atoms with Crippen molar-refractivity contribution in [1.82, 2.24) is 10.2 Å². The second-order valence-electron chi connectivity index (χ2n) is 5.02. The molecular weight excluding hydrogens is 276 g/mol. The fourth-order valence-corrected chi connectivity index (χ4v) is 2.58. The molecule has 1 fully saturated rings. The molecule has 20 heavy (non-hydrogen) atoms. The molecule has 0 radical (unpaired) electrons.